The van der Waals surface area contributed by atoms with Crippen molar-refractivity contribution >= 4 is 33.5 Å². The van der Waals surface area contributed by atoms with E-state index in [4.69, 9.17) is 11.6 Å². The maximum Gasteiger partial charge on any atom is 0.329 e. The molecule has 0 aliphatic heterocycles. The van der Waals surface area contributed by atoms with Crippen molar-refractivity contribution < 1.29 is 0 Å². The summed E-state index contributed by atoms with van der Waals surface area (Å²) in [5.74, 6) is 0. The summed E-state index contributed by atoms with van der Waals surface area (Å²) >= 11 is 6.20. The lowest BCUT2D eigenvalue weighted by atomic mass is 10.2. The van der Waals surface area contributed by atoms with E-state index in [0.29, 0.717) is 18.1 Å². The number of aromatic nitrogens is 3. The molecule has 19 heavy (non-hydrogen) atoms. The highest BCUT2D eigenvalue weighted by molar-refractivity contribution is 6.35. The van der Waals surface area contributed by atoms with Gasteiger partial charge in [0, 0.05) is 24.7 Å². The SMILES string of the molecule is CCn1c(=O)n(CC)c2cc3c(Cl)ccnc3cc21. The van der Waals surface area contributed by atoms with Gasteiger partial charge in [-0.15, -0.1) is 0 Å². The van der Waals surface area contributed by atoms with Crippen molar-refractivity contribution in [2.24, 2.45) is 0 Å². The molecule has 2 aromatic heterocycles. The van der Waals surface area contributed by atoms with Gasteiger partial charge in [-0.25, -0.2) is 4.79 Å². The molecule has 0 saturated carbocycles. The summed E-state index contributed by atoms with van der Waals surface area (Å²) in [4.78, 5) is 16.6. The lowest BCUT2D eigenvalue weighted by molar-refractivity contribution is 0.671. The third-order valence-corrected chi connectivity index (χ3v) is 3.79. The minimum absolute atomic E-state index is 0.0198. The predicted molar refractivity (Wildman–Crippen MR) is 77.9 cm³/mol. The van der Waals surface area contributed by atoms with Crippen LogP contribution in [0.3, 0.4) is 0 Å². The third kappa shape index (κ3) is 1.67. The van der Waals surface area contributed by atoms with Crippen LogP contribution < -0.4 is 5.69 Å². The second-order valence-electron chi connectivity index (χ2n) is 4.42. The van der Waals surface area contributed by atoms with E-state index >= 15 is 0 Å². The summed E-state index contributed by atoms with van der Waals surface area (Å²) in [6.07, 6.45) is 1.68. The quantitative estimate of drug-likeness (QED) is 0.721. The number of aryl methyl sites for hydroxylation is 2. The lowest BCUT2D eigenvalue weighted by Crippen LogP contribution is -2.22. The largest absolute Gasteiger partial charge is 0.329 e. The Kier molecular flexibility index (Phi) is 2.82. The highest BCUT2D eigenvalue weighted by Gasteiger charge is 2.13. The number of benzene rings is 1. The Morgan fingerprint density at radius 2 is 1.79 bits per heavy atom. The van der Waals surface area contributed by atoms with Gasteiger partial charge in [-0.1, -0.05) is 11.6 Å². The highest BCUT2D eigenvalue weighted by Crippen LogP contribution is 2.26. The van der Waals surface area contributed by atoms with Crippen LogP contribution in [0, 0.1) is 0 Å². The molecular weight excluding hydrogens is 262 g/mol. The Morgan fingerprint density at radius 1 is 1.16 bits per heavy atom. The second kappa shape index (κ2) is 4.38. The molecule has 0 amide bonds. The average Bonchev–Trinajstić information content (AvgIpc) is 2.67. The third-order valence-electron chi connectivity index (χ3n) is 3.46. The maximum atomic E-state index is 12.3. The van der Waals surface area contributed by atoms with Gasteiger partial charge in [-0.3, -0.25) is 14.1 Å². The molecule has 3 aromatic rings. The zero-order chi connectivity index (χ0) is 13.6. The molecule has 4 nitrogen and oxygen atoms in total. The fraction of sp³-hybridized carbons (Fsp3) is 0.286. The topological polar surface area (TPSA) is 39.8 Å². The number of fused-ring (bicyclic) bond motifs is 2. The van der Waals surface area contributed by atoms with E-state index in [2.05, 4.69) is 4.98 Å². The minimum Gasteiger partial charge on any atom is -0.292 e. The summed E-state index contributed by atoms with van der Waals surface area (Å²) in [7, 11) is 0. The van der Waals surface area contributed by atoms with Gasteiger partial charge in [-0.2, -0.15) is 0 Å². The standard InChI is InChI=1S/C14H14ClN3O/c1-3-17-12-7-9-10(15)5-6-16-11(9)8-13(12)18(4-2)14(17)19/h5-8H,3-4H2,1-2H3. The van der Waals surface area contributed by atoms with Gasteiger partial charge in [0.1, 0.15) is 0 Å². The first-order valence-corrected chi connectivity index (χ1v) is 6.72. The van der Waals surface area contributed by atoms with Crippen LogP contribution in [0.25, 0.3) is 21.9 Å². The zero-order valence-electron chi connectivity index (χ0n) is 10.9. The van der Waals surface area contributed by atoms with Crippen LogP contribution in [0.1, 0.15) is 13.8 Å². The smallest absolute Gasteiger partial charge is 0.292 e. The van der Waals surface area contributed by atoms with Gasteiger partial charge in [0.2, 0.25) is 0 Å². The molecular formula is C14H14ClN3O. The van der Waals surface area contributed by atoms with Crippen molar-refractivity contribution in [3.05, 3.63) is 39.9 Å². The van der Waals surface area contributed by atoms with Gasteiger partial charge in [-0.05, 0) is 32.0 Å². The number of rotatable bonds is 2. The summed E-state index contributed by atoms with van der Waals surface area (Å²) in [5.41, 5.74) is 2.66. The van der Waals surface area contributed by atoms with Gasteiger partial charge in [0.15, 0.2) is 0 Å². The number of halogens is 1. The molecule has 1 aromatic carbocycles. The van der Waals surface area contributed by atoms with Gasteiger partial charge >= 0.3 is 5.69 Å². The summed E-state index contributed by atoms with van der Waals surface area (Å²) in [6, 6.07) is 5.66. The van der Waals surface area contributed by atoms with E-state index in [1.54, 1.807) is 21.4 Å². The van der Waals surface area contributed by atoms with Crippen molar-refractivity contribution in [2.45, 2.75) is 26.9 Å². The number of imidazole rings is 1. The molecule has 0 bridgehead atoms. The van der Waals surface area contributed by atoms with Crippen molar-refractivity contribution in [3.8, 4) is 0 Å². The Balaban J connectivity index is 2.55. The summed E-state index contributed by atoms with van der Waals surface area (Å²) < 4.78 is 3.53. The molecule has 98 valence electrons. The molecule has 0 radical (unpaired) electrons. The lowest BCUT2D eigenvalue weighted by Gasteiger charge is -2.03. The predicted octanol–water partition coefficient (Wildman–Crippen LogP) is 3.04. The number of pyridine rings is 1. The van der Waals surface area contributed by atoms with Crippen LogP contribution in [0.4, 0.5) is 0 Å². The highest BCUT2D eigenvalue weighted by atomic mass is 35.5. The first-order chi connectivity index (χ1) is 9.17. The molecule has 2 heterocycles. The van der Waals surface area contributed by atoms with E-state index in [-0.39, 0.29) is 5.69 Å². The zero-order valence-corrected chi connectivity index (χ0v) is 11.6. The van der Waals surface area contributed by atoms with Crippen molar-refractivity contribution in [1.82, 2.24) is 14.1 Å². The van der Waals surface area contributed by atoms with E-state index in [1.165, 1.54) is 0 Å². The Bertz CT molecular complexity index is 832. The Morgan fingerprint density at radius 3 is 2.42 bits per heavy atom. The van der Waals surface area contributed by atoms with Crippen molar-refractivity contribution in [1.29, 1.82) is 0 Å². The Labute approximate surface area is 115 Å². The van der Waals surface area contributed by atoms with Crippen molar-refractivity contribution in [3.63, 3.8) is 0 Å². The van der Waals surface area contributed by atoms with Gasteiger partial charge in [0.25, 0.3) is 0 Å². The molecule has 0 fully saturated rings. The maximum absolute atomic E-state index is 12.3. The molecule has 0 spiro atoms. The molecule has 0 atom stereocenters. The van der Waals surface area contributed by atoms with E-state index in [1.807, 2.05) is 26.0 Å². The second-order valence-corrected chi connectivity index (χ2v) is 4.83. The van der Waals surface area contributed by atoms with Crippen LogP contribution in [0.5, 0.6) is 0 Å². The molecule has 0 unspecified atom stereocenters. The normalized spacial score (nSPS) is 11.5. The van der Waals surface area contributed by atoms with Gasteiger partial charge in [0.05, 0.1) is 21.6 Å². The monoisotopic (exact) mass is 275 g/mol. The van der Waals surface area contributed by atoms with E-state index < -0.39 is 0 Å². The van der Waals surface area contributed by atoms with Crippen LogP contribution >= 0.6 is 11.6 Å². The van der Waals surface area contributed by atoms with Crippen LogP contribution in [-0.4, -0.2) is 14.1 Å². The summed E-state index contributed by atoms with van der Waals surface area (Å²) in [5, 5.41) is 1.54. The Hall–Kier alpha value is -1.81. The fourth-order valence-corrected chi connectivity index (χ4v) is 2.74. The molecule has 3 rings (SSSR count). The molecule has 0 aliphatic carbocycles. The van der Waals surface area contributed by atoms with Crippen LogP contribution in [0.15, 0.2) is 29.2 Å². The van der Waals surface area contributed by atoms with Crippen LogP contribution in [0.2, 0.25) is 5.02 Å². The number of hydrogen-bond donors (Lipinski definition) is 0. The molecule has 0 saturated heterocycles. The first-order valence-electron chi connectivity index (χ1n) is 6.34. The van der Waals surface area contributed by atoms with E-state index in [9.17, 15) is 4.79 Å². The molecule has 5 heteroatoms. The first kappa shape index (κ1) is 12.2. The summed E-state index contributed by atoms with van der Waals surface area (Å²) in [6.45, 7) is 5.23. The van der Waals surface area contributed by atoms with Crippen LogP contribution in [-0.2, 0) is 13.1 Å². The fourth-order valence-electron chi connectivity index (χ4n) is 2.53. The molecule has 0 N–H and O–H groups in total. The van der Waals surface area contributed by atoms with E-state index in [0.717, 1.165) is 21.9 Å². The number of hydrogen-bond acceptors (Lipinski definition) is 2. The van der Waals surface area contributed by atoms with Gasteiger partial charge < -0.3 is 0 Å². The number of nitrogens with zero attached hydrogens (tertiary/aromatic N) is 3. The minimum atomic E-state index is 0.0198. The average molecular weight is 276 g/mol. The molecule has 0 aliphatic rings. The van der Waals surface area contributed by atoms with Crippen molar-refractivity contribution in [2.75, 3.05) is 0 Å².